The van der Waals surface area contributed by atoms with Crippen molar-refractivity contribution in [3.8, 4) is 11.5 Å². The number of halogens is 1. The van der Waals surface area contributed by atoms with Crippen molar-refractivity contribution in [3.63, 3.8) is 0 Å². The summed E-state index contributed by atoms with van der Waals surface area (Å²) < 4.78 is 29.6. The van der Waals surface area contributed by atoms with Gasteiger partial charge < -0.3 is 9.47 Å². The van der Waals surface area contributed by atoms with Crippen LogP contribution in [0.5, 0.6) is 11.5 Å². The third-order valence-electron chi connectivity index (χ3n) is 5.85. The Hall–Kier alpha value is -0.780. The number of rotatable bonds is 22. The highest BCUT2D eigenvalue weighted by molar-refractivity contribution is 7.79. The molecule has 0 aliphatic rings. The van der Waals surface area contributed by atoms with Gasteiger partial charge in [-0.15, -0.1) is 11.6 Å². The van der Waals surface area contributed by atoms with Crippen molar-refractivity contribution >= 4 is 22.7 Å². The average Bonchev–Trinajstić information content (AvgIpc) is 2.82. The summed E-state index contributed by atoms with van der Waals surface area (Å²) in [6.45, 7) is 5.66. The normalized spacial score (nSPS) is 12.1. The number of hydrogen-bond acceptors (Lipinski definition) is 4. The summed E-state index contributed by atoms with van der Waals surface area (Å²) in [5.41, 5.74) is 1.73. The molecule has 1 rings (SSSR count). The highest BCUT2D eigenvalue weighted by Gasteiger charge is 2.14. The fourth-order valence-corrected chi connectivity index (χ4v) is 4.88. The lowest BCUT2D eigenvalue weighted by atomic mass is 10.1. The average molecular weight is 503 g/mol. The predicted molar refractivity (Wildman–Crippen MR) is 142 cm³/mol. The van der Waals surface area contributed by atoms with E-state index in [1.54, 1.807) is 7.11 Å². The van der Waals surface area contributed by atoms with Gasteiger partial charge in [0.25, 0.3) is 0 Å². The largest absolute Gasteiger partial charge is 0.496 e. The fourth-order valence-electron chi connectivity index (χ4n) is 3.81. The molecule has 0 saturated heterocycles. The van der Waals surface area contributed by atoms with E-state index in [2.05, 4.69) is 13.8 Å². The minimum absolute atomic E-state index is 0.287. The van der Waals surface area contributed by atoms with Crippen molar-refractivity contribution in [2.75, 3.05) is 20.3 Å². The Kier molecular flexibility index (Phi) is 18.9. The molecule has 4 nitrogen and oxygen atoms in total. The molecule has 6 heteroatoms. The lowest BCUT2D eigenvalue weighted by Gasteiger charge is -2.15. The second-order valence-electron chi connectivity index (χ2n) is 8.77. The minimum atomic E-state index is -1.39. The molecule has 1 aromatic carbocycles. The summed E-state index contributed by atoms with van der Waals surface area (Å²) >= 11 is 4.76. The molecule has 0 aliphatic heterocycles. The van der Waals surface area contributed by atoms with E-state index in [0.29, 0.717) is 24.8 Å². The van der Waals surface area contributed by atoms with Crippen molar-refractivity contribution in [3.05, 3.63) is 23.3 Å². The van der Waals surface area contributed by atoms with Crippen LogP contribution in [0.3, 0.4) is 0 Å². The van der Waals surface area contributed by atoms with Crippen molar-refractivity contribution in [2.45, 2.75) is 115 Å². The molecule has 0 radical (unpaired) electrons. The highest BCUT2D eigenvalue weighted by Crippen LogP contribution is 2.31. The smallest absolute Gasteiger partial charge is 0.160 e. The number of hydrogen-bond donors (Lipinski definition) is 0. The van der Waals surface area contributed by atoms with Crippen molar-refractivity contribution in [1.29, 1.82) is 0 Å². The summed E-state index contributed by atoms with van der Waals surface area (Å²) in [4.78, 5) is 0. The number of benzene rings is 1. The van der Waals surface area contributed by atoms with Crippen LogP contribution in [0, 0.1) is 0 Å². The number of alkyl halides is 1. The Morgan fingerprint density at radius 2 is 1.24 bits per heavy atom. The van der Waals surface area contributed by atoms with E-state index >= 15 is 0 Å². The van der Waals surface area contributed by atoms with Crippen LogP contribution in [0.15, 0.2) is 12.1 Å². The van der Waals surface area contributed by atoms with Gasteiger partial charge in [0.1, 0.15) is 11.5 Å². The molecule has 0 aromatic heterocycles. The molecule has 1 unspecified atom stereocenters. The van der Waals surface area contributed by atoms with Crippen molar-refractivity contribution < 1.29 is 17.9 Å². The van der Waals surface area contributed by atoms with Gasteiger partial charge >= 0.3 is 0 Å². The maximum Gasteiger partial charge on any atom is 0.160 e. The zero-order valence-electron chi connectivity index (χ0n) is 21.3. The number of ether oxygens (including phenoxy) is 2. The van der Waals surface area contributed by atoms with E-state index in [4.69, 9.17) is 25.3 Å². The van der Waals surface area contributed by atoms with Crippen molar-refractivity contribution in [2.24, 2.45) is 0 Å². The lowest BCUT2D eigenvalue weighted by molar-refractivity contribution is 0.301. The Morgan fingerprint density at radius 1 is 0.727 bits per heavy atom. The van der Waals surface area contributed by atoms with Crippen LogP contribution >= 0.6 is 11.6 Å². The van der Waals surface area contributed by atoms with Gasteiger partial charge in [0.2, 0.25) is 0 Å². The van der Waals surface area contributed by atoms with Gasteiger partial charge in [0.15, 0.2) is 11.1 Å². The van der Waals surface area contributed by atoms with Gasteiger partial charge in [-0.05, 0) is 25.0 Å². The first-order valence-corrected chi connectivity index (χ1v) is 14.8. The topological polar surface area (TPSA) is 44.8 Å². The highest BCUT2D eigenvalue weighted by atomic mass is 35.5. The Morgan fingerprint density at radius 3 is 1.79 bits per heavy atom. The second-order valence-corrected chi connectivity index (χ2v) is 10.2. The summed E-state index contributed by atoms with van der Waals surface area (Å²) in [5, 5.41) is 0. The Balaban J connectivity index is 2.46. The van der Waals surface area contributed by atoms with Crippen LogP contribution in [0.4, 0.5) is 0 Å². The molecule has 33 heavy (non-hydrogen) atoms. The van der Waals surface area contributed by atoms with Crippen LogP contribution in [-0.4, -0.2) is 24.5 Å². The van der Waals surface area contributed by atoms with E-state index in [0.717, 1.165) is 36.1 Å². The Labute approximate surface area is 210 Å². The predicted octanol–water partition coefficient (Wildman–Crippen LogP) is 8.49. The molecular weight excluding hydrogens is 456 g/mol. The third-order valence-corrected chi connectivity index (χ3v) is 7.11. The summed E-state index contributed by atoms with van der Waals surface area (Å²) in [7, 11) is 1.62. The molecule has 1 atom stereocenters. The summed E-state index contributed by atoms with van der Waals surface area (Å²) in [6, 6.07) is 3.82. The molecule has 1 aromatic rings. The van der Waals surface area contributed by atoms with Crippen molar-refractivity contribution in [1.82, 2.24) is 0 Å². The van der Waals surface area contributed by atoms with Gasteiger partial charge in [0, 0.05) is 11.1 Å². The molecular formula is C27H47ClO4S. The van der Waals surface area contributed by atoms with Gasteiger partial charge in [-0.1, -0.05) is 90.9 Å². The molecule has 0 aliphatic carbocycles. The first-order chi connectivity index (χ1) is 16.2. The van der Waals surface area contributed by atoms with E-state index in [1.165, 1.54) is 70.6 Å². The Bertz CT molecular complexity index is 639. The third kappa shape index (κ3) is 14.3. The molecule has 0 spiro atoms. The molecule has 192 valence electrons. The quantitative estimate of drug-likeness (QED) is 0.118. The molecule has 0 bridgehead atoms. The van der Waals surface area contributed by atoms with E-state index in [1.807, 2.05) is 12.1 Å². The van der Waals surface area contributed by atoms with Crippen LogP contribution in [-0.2, 0) is 26.9 Å². The summed E-state index contributed by atoms with van der Waals surface area (Å²) in [5.74, 6) is 2.08. The summed E-state index contributed by atoms with van der Waals surface area (Å²) in [6.07, 6.45) is 17.2. The molecule has 0 N–H and O–H groups in total. The first-order valence-electron chi connectivity index (χ1n) is 13.1. The molecule has 0 heterocycles. The number of unbranched alkanes of at least 4 members (excludes halogenated alkanes) is 12. The van der Waals surface area contributed by atoms with Crippen LogP contribution in [0.2, 0.25) is 0 Å². The van der Waals surface area contributed by atoms with Crippen LogP contribution < -0.4 is 9.47 Å². The fraction of sp³-hybridized carbons (Fsp3) is 0.778. The minimum Gasteiger partial charge on any atom is -0.496 e. The van der Waals surface area contributed by atoms with Gasteiger partial charge in [-0.25, -0.2) is 4.21 Å². The zero-order chi connectivity index (χ0) is 24.2. The molecule has 0 saturated carbocycles. The van der Waals surface area contributed by atoms with E-state index < -0.39 is 11.1 Å². The van der Waals surface area contributed by atoms with Crippen LogP contribution in [0.1, 0.15) is 115 Å². The second kappa shape index (κ2) is 20.6. The van der Waals surface area contributed by atoms with E-state index in [9.17, 15) is 4.21 Å². The monoisotopic (exact) mass is 502 g/mol. The molecule has 0 amide bonds. The number of methoxy groups -OCH3 is 1. The maximum absolute atomic E-state index is 12.5. The standard InChI is InChI=1S/C27H47ClO4S/c1-4-6-8-10-12-13-14-16-18-31-27-21-25(26(30-3)20-24(27)22-28)23-33(29)32-19-17-15-11-9-7-5-2/h20-21H,4-19,22-23H2,1-3H3. The van der Waals surface area contributed by atoms with Crippen LogP contribution in [0.25, 0.3) is 0 Å². The van der Waals surface area contributed by atoms with E-state index in [-0.39, 0.29) is 5.75 Å². The lowest BCUT2D eigenvalue weighted by Crippen LogP contribution is -2.06. The van der Waals surface area contributed by atoms with Gasteiger partial charge in [0.05, 0.1) is 32.0 Å². The van der Waals surface area contributed by atoms with Gasteiger partial charge in [-0.3, -0.25) is 4.18 Å². The maximum atomic E-state index is 12.5. The molecule has 0 fully saturated rings. The zero-order valence-corrected chi connectivity index (χ0v) is 22.9. The SMILES string of the molecule is CCCCCCCCCCOc1cc(CS(=O)OCCCCCCCC)c(OC)cc1CCl. The van der Waals surface area contributed by atoms with Gasteiger partial charge in [-0.2, -0.15) is 0 Å². The first kappa shape index (κ1) is 30.3.